The summed E-state index contributed by atoms with van der Waals surface area (Å²) in [6.07, 6.45) is 1.56. The summed E-state index contributed by atoms with van der Waals surface area (Å²) in [6, 6.07) is 1.35. The molecular formula is C16H34O3Si2. The number of rotatable bonds is 9. The van der Waals surface area contributed by atoms with Crippen molar-refractivity contribution in [1.29, 1.82) is 0 Å². The monoisotopic (exact) mass is 330 g/mol. The van der Waals surface area contributed by atoms with Gasteiger partial charge in [-0.05, 0) is 18.9 Å². The van der Waals surface area contributed by atoms with Crippen molar-refractivity contribution in [2.24, 2.45) is 0 Å². The first-order valence-electron chi connectivity index (χ1n) is 7.87. The highest BCUT2D eigenvalue weighted by Crippen LogP contribution is 2.35. The highest BCUT2D eigenvalue weighted by atomic mass is 28.3. The molecule has 0 aromatic carbocycles. The van der Waals surface area contributed by atoms with E-state index in [1.807, 2.05) is 0 Å². The van der Waals surface area contributed by atoms with Crippen molar-refractivity contribution in [3.8, 4) is 0 Å². The Kier molecular flexibility index (Phi) is 8.14. The van der Waals surface area contributed by atoms with Crippen LogP contribution in [0.3, 0.4) is 0 Å². The van der Waals surface area contributed by atoms with Crippen LogP contribution in [0.5, 0.6) is 0 Å². The topological polar surface area (TPSA) is 46.5 Å². The highest BCUT2D eigenvalue weighted by molar-refractivity contribution is 6.82. The van der Waals surface area contributed by atoms with Crippen LogP contribution in [0.1, 0.15) is 26.2 Å². The molecule has 0 bridgehead atoms. The van der Waals surface area contributed by atoms with E-state index < -0.39 is 28.4 Å². The van der Waals surface area contributed by atoms with Crippen LogP contribution in [0.2, 0.25) is 50.9 Å². The van der Waals surface area contributed by atoms with Crippen molar-refractivity contribution in [1.82, 2.24) is 0 Å². The number of carbonyl (C=O) groups is 1. The van der Waals surface area contributed by atoms with Crippen molar-refractivity contribution in [3.63, 3.8) is 0 Å². The number of aliphatic hydroxyl groups is 1. The van der Waals surface area contributed by atoms with Crippen molar-refractivity contribution in [3.05, 3.63) is 12.2 Å². The maximum Gasteiger partial charge on any atom is 0.335 e. The highest BCUT2D eigenvalue weighted by Gasteiger charge is 2.30. The molecule has 0 rings (SSSR count). The minimum atomic E-state index is -1.19. The number of hydrogen-bond acceptors (Lipinski definition) is 3. The van der Waals surface area contributed by atoms with Crippen LogP contribution >= 0.6 is 0 Å². The molecule has 124 valence electrons. The zero-order chi connectivity index (χ0) is 16.8. The Hall–Kier alpha value is -0.396. The minimum Gasteiger partial charge on any atom is -0.433 e. The molecule has 5 heteroatoms. The van der Waals surface area contributed by atoms with Gasteiger partial charge in [-0.25, -0.2) is 4.79 Å². The number of ether oxygens (including phenoxy) is 1. The molecule has 21 heavy (non-hydrogen) atoms. The summed E-state index contributed by atoms with van der Waals surface area (Å²) in [7, 11) is -2.26. The maximum absolute atomic E-state index is 11.3. The van der Waals surface area contributed by atoms with Crippen LogP contribution in [-0.4, -0.2) is 33.5 Å². The SMILES string of the molecule is C=C(C)C(=O)OC(O)CCCC(C[Si](C)(C)C)[Si](C)(C)C. The van der Waals surface area contributed by atoms with Crippen LogP contribution < -0.4 is 0 Å². The lowest BCUT2D eigenvalue weighted by Gasteiger charge is -2.34. The second-order valence-electron chi connectivity index (χ2n) is 8.40. The standard InChI is InChI=1S/C16H34O3Si2/c1-13(2)16(18)19-15(17)11-9-10-14(21(6,7)8)12-20(3,4)5/h14-15,17H,1,9-12H2,2-8H3. The molecule has 0 fully saturated rings. The van der Waals surface area contributed by atoms with Gasteiger partial charge >= 0.3 is 5.97 Å². The summed E-state index contributed by atoms with van der Waals surface area (Å²) in [5.41, 5.74) is 1.11. The van der Waals surface area contributed by atoms with Crippen LogP contribution in [0.15, 0.2) is 12.2 Å². The van der Waals surface area contributed by atoms with Gasteiger partial charge in [-0.15, -0.1) is 0 Å². The number of esters is 1. The summed E-state index contributed by atoms with van der Waals surface area (Å²) in [5.74, 6) is -0.508. The smallest absolute Gasteiger partial charge is 0.335 e. The van der Waals surface area contributed by atoms with Crippen LogP contribution in [0.4, 0.5) is 0 Å². The summed E-state index contributed by atoms with van der Waals surface area (Å²) in [4.78, 5) is 11.3. The van der Waals surface area contributed by atoms with E-state index in [1.165, 1.54) is 6.04 Å². The fraction of sp³-hybridized carbons (Fsp3) is 0.812. The van der Waals surface area contributed by atoms with Gasteiger partial charge in [0.15, 0.2) is 0 Å². The lowest BCUT2D eigenvalue weighted by atomic mass is 10.2. The van der Waals surface area contributed by atoms with Gasteiger partial charge in [0.2, 0.25) is 6.29 Å². The van der Waals surface area contributed by atoms with Crippen LogP contribution in [0, 0.1) is 0 Å². The first-order valence-corrected chi connectivity index (χ1v) is 15.2. The largest absolute Gasteiger partial charge is 0.433 e. The molecule has 0 aliphatic rings. The average Bonchev–Trinajstić information content (AvgIpc) is 2.24. The Morgan fingerprint density at radius 1 is 1.14 bits per heavy atom. The predicted molar refractivity (Wildman–Crippen MR) is 96.0 cm³/mol. The van der Waals surface area contributed by atoms with E-state index >= 15 is 0 Å². The van der Waals surface area contributed by atoms with E-state index in [2.05, 4.69) is 45.9 Å². The van der Waals surface area contributed by atoms with Gasteiger partial charge < -0.3 is 9.84 Å². The Morgan fingerprint density at radius 3 is 2.05 bits per heavy atom. The maximum atomic E-state index is 11.3. The lowest BCUT2D eigenvalue weighted by molar-refractivity contribution is -0.163. The number of hydrogen-bond donors (Lipinski definition) is 1. The van der Waals surface area contributed by atoms with E-state index in [4.69, 9.17) is 4.74 Å². The Morgan fingerprint density at radius 2 is 1.67 bits per heavy atom. The molecule has 2 atom stereocenters. The summed E-state index contributed by atoms with van der Waals surface area (Å²) in [6.45, 7) is 19.6. The number of aliphatic hydroxyl groups excluding tert-OH is 1. The van der Waals surface area contributed by atoms with E-state index in [1.54, 1.807) is 6.92 Å². The quantitative estimate of drug-likeness (QED) is 0.290. The minimum absolute atomic E-state index is 0.327. The van der Waals surface area contributed by atoms with Gasteiger partial charge in [-0.3, -0.25) is 0 Å². The van der Waals surface area contributed by atoms with Crippen molar-refractivity contribution < 1.29 is 14.6 Å². The van der Waals surface area contributed by atoms with E-state index in [0.717, 1.165) is 18.4 Å². The van der Waals surface area contributed by atoms with E-state index in [0.29, 0.717) is 12.0 Å². The first kappa shape index (κ1) is 20.6. The summed E-state index contributed by atoms with van der Waals surface area (Å²) >= 11 is 0. The van der Waals surface area contributed by atoms with Crippen molar-refractivity contribution in [2.45, 2.75) is 83.3 Å². The Bertz CT molecular complexity index is 354. The molecule has 2 unspecified atom stereocenters. The fourth-order valence-corrected chi connectivity index (χ4v) is 9.44. The zero-order valence-electron chi connectivity index (χ0n) is 15.0. The van der Waals surface area contributed by atoms with Gasteiger partial charge in [0.05, 0.1) is 0 Å². The summed E-state index contributed by atoms with van der Waals surface area (Å²) < 4.78 is 4.92. The molecule has 0 radical (unpaired) electrons. The molecule has 0 saturated heterocycles. The molecule has 0 saturated carbocycles. The lowest BCUT2D eigenvalue weighted by Crippen LogP contribution is -2.34. The van der Waals surface area contributed by atoms with Crippen molar-refractivity contribution >= 4 is 22.1 Å². The molecule has 3 nitrogen and oxygen atoms in total. The molecule has 1 N–H and O–H groups in total. The number of carbonyl (C=O) groups excluding carboxylic acids is 1. The summed E-state index contributed by atoms with van der Waals surface area (Å²) in [5, 5.41) is 9.75. The third kappa shape index (κ3) is 10.0. The Balaban J connectivity index is 4.32. The van der Waals surface area contributed by atoms with Crippen molar-refractivity contribution in [2.75, 3.05) is 0 Å². The molecule has 0 aliphatic carbocycles. The second kappa shape index (κ2) is 8.29. The van der Waals surface area contributed by atoms with Gasteiger partial charge in [-0.2, -0.15) is 0 Å². The molecule has 0 amide bonds. The zero-order valence-corrected chi connectivity index (χ0v) is 17.0. The normalized spacial score (nSPS) is 15.4. The molecule has 0 heterocycles. The predicted octanol–water partition coefficient (Wildman–Crippen LogP) is 4.64. The van der Waals surface area contributed by atoms with Gasteiger partial charge in [-0.1, -0.05) is 58.3 Å². The third-order valence-corrected chi connectivity index (χ3v) is 8.75. The second-order valence-corrected chi connectivity index (χ2v) is 19.5. The van der Waals surface area contributed by atoms with Crippen LogP contribution in [-0.2, 0) is 9.53 Å². The van der Waals surface area contributed by atoms with E-state index in [9.17, 15) is 9.90 Å². The van der Waals surface area contributed by atoms with Gasteiger partial charge in [0.1, 0.15) is 0 Å². The van der Waals surface area contributed by atoms with E-state index in [-0.39, 0.29) is 0 Å². The molecule has 0 aromatic rings. The molecular weight excluding hydrogens is 296 g/mol. The molecule has 0 aliphatic heterocycles. The third-order valence-electron chi connectivity index (χ3n) is 3.68. The Labute approximate surface area is 132 Å². The first-order chi connectivity index (χ1) is 9.33. The molecule has 0 spiro atoms. The average molecular weight is 331 g/mol. The molecule has 0 aromatic heterocycles. The van der Waals surface area contributed by atoms with Gasteiger partial charge in [0, 0.05) is 28.1 Å². The fourth-order valence-electron chi connectivity index (χ4n) is 2.40. The van der Waals surface area contributed by atoms with Gasteiger partial charge in [0.25, 0.3) is 0 Å². The van der Waals surface area contributed by atoms with Crippen LogP contribution in [0.25, 0.3) is 0 Å².